The summed E-state index contributed by atoms with van der Waals surface area (Å²) in [7, 11) is 0. The molecule has 5 nitrogen and oxygen atoms in total. The SMILES string of the molecule is Cc1cnn(-c2nc(Cl)ccc2C(=O)O)c1. The zero-order valence-electron chi connectivity index (χ0n) is 8.38. The molecule has 0 saturated heterocycles. The molecule has 2 heterocycles. The van der Waals surface area contributed by atoms with E-state index in [-0.39, 0.29) is 16.5 Å². The van der Waals surface area contributed by atoms with Gasteiger partial charge in [0.15, 0.2) is 5.82 Å². The summed E-state index contributed by atoms with van der Waals surface area (Å²) in [6.07, 6.45) is 3.30. The van der Waals surface area contributed by atoms with Crippen molar-refractivity contribution in [3.05, 3.63) is 40.8 Å². The maximum atomic E-state index is 11.0. The van der Waals surface area contributed by atoms with Gasteiger partial charge in [0.05, 0.1) is 6.20 Å². The van der Waals surface area contributed by atoms with Crippen molar-refractivity contribution in [1.29, 1.82) is 0 Å². The molecule has 0 amide bonds. The van der Waals surface area contributed by atoms with Gasteiger partial charge in [0.1, 0.15) is 10.7 Å². The van der Waals surface area contributed by atoms with Crippen LogP contribution in [-0.2, 0) is 0 Å². The van der Waals surface area contributed by atoms with Gasteiger partial charge < -0.3 is 5.11 Å². The predicted octanol–water partition coefficient (Wildman–Crippen LogP) is 1.93. The third-order valence-electron chi connectivity index (χ3n) is 2.00. The highest BCUT2D eigenvalue weighted by Crippen LogP contribution is 2.15. The number of halogens is 1. The van der Waals surface area contributed by atoms with Gasteiger partial charge in [-0.05, 0) is 24.6 Å². The molecule has 2 aromatic rings. The van der Waals surface area contributed by atoms with E-state index in [0.29, 0.717) is 0 Å². The first-order valence-corrected chi connectivity index (χ1v) is 4.87. The summed E-state index contributed by atoms with van der Waals surface area (Å²) in [5, 5.41) is 13.2. The van der Waals surface area contributed by atoms with Crippen LogP contribution >= 0.6 is 11.6 Å². The average molecular weight is 238 g/mol. The van der Waals surface area contributed by atoms with Crippen LogP contribution in [0.1, 0.15) is 15.9 Å². The molecule has 2 aromatic heterocycles. The van der Waals surface area contributed by atoms with Gasteiger partial charge in [-0.3, -0.25) is 0 Å². The van der Waals surface area contributed by atoms with Gasteiger partial charge in [-0.25, -0.2) is 14.5 Å². The first-order chi connectivity index (χ1) is 7.58. The molecule has 0 unspecified atom stereocenters. The Labute approximate surface area is 96.3 Å². The van der Waals surface area contributed by atoms with E-state index < -0.39 is 5.97 Å². The van der Waals surface area contributed by atoms with E-state index in [9.17, 15) is 4.79 Å². The summed E-state index contributed by atoms with van der Waals surface area (Å²) in [4.78, 5) is 15.0. The fourth-order valence-corrected chi connectivity index (χ4v) is 1.44. The molecule has 1 N–H and O–H groups in total. The van der Waals surface area contributed by atoms with E-state index in [1.165, 1.54) is 16.8 Å². The molecule has 0 saturated carbocycles. The van der Waals surface area contributed by atoms with Crippen molar-refractivity contribution in [3.63, 3.8) is 0 Å². The molecule has 0 spiro atoms. The van der Waals surface area contributed by atoms with Gasteiger partial charge in [0.2, 0.25) is 0 Å². The van der Waals surface area contributed by atoms with E-state index in [1.807, 2.05) is 6.92 Å². The predicted molar refractivity (Wildman–Crippen MR) is 58.1 cm³/mol. The van der Waals surface area contributed by atoms with E-state index in [4.69, 9.17) is 16.7 Å². The van der Waals surface area contributed by atoms with Gasteiger partial charge >= 0.3 is 5.97 Å². The monoisotopic (exact) mass is 237 g/mol. The molecule has 0 atom stereocenters. The highest BCUT2D eigenvalue weighted by Gasteiger charge is 2.14. The smallest absolute Gasteiger partial charge is 0.339 e. The number of nitrogens with zero attached hydrogens (tertiary/aromatic N) is 3. The van der Waals surface area contributed by atoms with Crippen molar-refractivity contribution in [3.8, 4) is 5.82 Å². The minimum absolute atomic E-state index is 0.0625. The normalized spacial score (nSPS) is 10.4. The van der Waals surface area contributed by atoms with Gasteiger partial charge in [-0.2, -0.15) is 5.10 Å². The van der Waals surface area contributed by atoms with Crippen molar-refractivity contribution in [2.45, 2.75) is 6.92 Å². The lowest BCUT2D eigenvalue weighted by molar-refractivity contribution is 0.0696. The second-order valence-electron chi connectivity index (χ2n) is 3.27. The van der Waals surface area contributed by atoms with E-state index in [1.54, 1.807) is 12.4 Å². The van der Waals surface area contributed by atoms with Crippen LogP contribution in [-0.4, -0.2) is 25.8 Å². The lowest BCUT2D eigenvalue weighted by Crippen LogP contribution is -2.08. The molecule has 0 radical (unpaired) electrons. The summed E-state index contributed by atoms with van der Waals surface area (Å²) in [6, 6.07) is 2.84. The number of pyridine rings is 1. The maximum absolute atomic E-state index is 11.0. The highest BCUT2D eigenvalue weighted by atomic mass is 35.5. The largest absolute Gasteiger partial charge is 0.478 e. The van der Waals surface area contributed by atoms with Gasteiger partial charge in [-0.15, -0.1) is 0 Å². The van der Waals surface area contributed by atoms with Crippen molar-refractivity contribution < 1.29 is 9.90 Å². The zero-order valence-corrected chi connectivity index (χ0v) is 9.14. The summed E-state index contributed by atoms with van der Waals surface area (Å²) in [5.41, 5.74) is 0.977. The number of aromatic carboxylic acids is 1. The van der Waals surface area contributed by atoms with Crippen LogP contribution in [0.5, 0.6) is 0 Å². The summed E-state index contributed by atoms with van der Waals surface area (Å²) in [6.45, 7) is 1.86. The molecule has 82 valence electrons. The average Bonchev–Trinajstić information content (AvgIpc) is 2.64. The van der Waals surface area contributed by atoms with E-state index in [2.05, 4.69) is 10.1 Å². The van der Waals surface area contributed by atoms with E-state index >= 15 is 0 Å². The lowest BCUT2D eigenvalue weighted by atomic mass is 10.2. The fourth-order valence-electron chi connectivity index (χ4n) is 1.30. The van der Waals surface area contributed by atoms with Gasteiger partial charge in [0.25, 0.3) is 0 Å². The molecule has 0 aromatic carbocycles. The Morgan fingerprint density at radius 3 is 2.81 bits per heavy atom. The van der Waals surface area contributed by atoms with Crippen LogP contribution in [0.25, 0.3) is 5.82 Å². The number of carbonyl (C=O) groups is 1. The van der Waals surface area contributed by atoms with Crippen LogP contribution in [0.15, 0.2) is 24.5 Å². The number of rotatable bonds is 2. The highest BCUT2D eigenvalue weighted by molar-refractivity contribution is 6.29. The van der Waals surface area contributed by atoms with E-state index in [0.717, 1.165) is 5.56 Å². The van der Waals surface area contributed by atoms with Crippen molar-refractivity contribution in [2.24, 2.45) is 0 Å². The molecule has 0 bridgehead atoms. The van der Waals surface area contributed by atoms with Crippen LogP contribution in [0.3, 0.4) is 0 Å². The van der Waals surface area contributed by atoms with Crippen molar-refractivity contribution >= 4 is 17.6 Å². The molecule has 0 fully saturated rings. The molecule has 2 rings (SSSR count). The Balaban J connectivity index is 2.62. The number of hydrogen-bond acceptors (Lipinski definition) is 3. The minimum atomic E-state index is -1.06. The topological polar surface area (TPSA) is 68.0 Å². The summed E-state index contributed by atoms with van der Waals surface area (Å²) in [5.74, 6) is -0.847. The fraction of sp³-hybridized carbons (Fsp3) is 0.100. The molecular formula is C10H8ClN3O2. The quantitative estimate of drug-likeness (QED) is 0.811. The minimum Gasteiger partial charge on any atom is -0.478 e. The number of hydrogen-bond donors (Lipinski definition) is 1. The van der Waals surface area contributed by atoms with Gasteiger partial charge in [0, 0.05) is 6.20 Å². The second-order valence-corrected chi connectivity index (χ2v) is 3.66. The molecule has 0 aliphatic rings. The summed E-state index contributed by atoms with van der Waals surface area (Å²) < 4.78 is 1.39. The zero-order chi connectivity index (χ0) is 11.7. The Kier molecular flexibility index (Phi) is 2.62. The van der Waals surface area contributed by atoms with Gasteiger partial charge in [-0.1, -0.05) is 11.6 Å². The maximum Gasteiger partial charge on any atom is 0.339 e. The standard InChI is InChI=1S/C10H8ClN3O2/c1-6-4-12-14(5-6)9-7(10(15)16)2-3-8(11)13-9/h2-5H,1H3,(H,15,16). The van der Waals surface area contributed by atoms with Crippen molar-refractivity contribution in [1.82, 2.24) is 14.8 Å². The first kappa shape index (κ1) is 10.6. The number of carboxylic acids is 1. The number of aryl methyl sites for hydroxylation is 1. The first-order valence-electron chi connectivity index (χ1n) is 4.49. The lowest BCUT2D eigenvalue weighted by Gasteiger charge is -2.04. The molecule has 16 heavy (non-hydrogen) atoms. The summed E-state index contributed by atoms with van der Waals surface area (Å²) >= 11 is 5.73. The molecule has 0 aliphatic heterocycles. The van der Waals surface area contributed by atoms with Crippen LogP contribution in [0.4, 0.5) is 0 Å². The molecule has 0 aliphatic carbocycles. The van der Waals surface area contributed by atoms with Crippen molar-refractivity contribution in [2.75, 3.05) is 0 Å². The Hall–Kier alpha value is -1.88. The third kappa shape index (κ3) is 1.90. The van der Waals surface area contributed by atoms with Crippen LogP contribution in [0.2, 0.25) is 5.15 Å². The molecule has 6 heteroatoms. The Morgan fingerprint density at radius 1 is 1.50 bits per heavy atom. The van der Waals surface area contributed by atoms with Crippen LogP contribution < -0.4 is 0 Å². The third-order valence-corrected chi connectivity index (χ3v) is 2.21. The number of carboxylic acid groups (broad SMARTS) is 1. The Bertz CT molecular complexity index is 551. The molecular weight excluding hydrogens is 230 g/mol. The number of aromatic nitrogens is 3. The Morgan fingerprint density at radius 2 is 2.25 bits per heavy atom. The van der Waals surface area contributed by atoms with Crippen LogP contribution in [0, 0.1) is 6.92 Å². The second kappa shape index (κ2) is 3.94.